The third kappa shape index (κ3) is 3.03. The largest absolute Gasteiger partial charge is 0.496 e. The number of carbonyl (C=O) groups is 4. The highest BCUT2D eigenvalue weighted by Crippen LogP contribution is 2.54. The fourth-order valence-corrected chi connectivity index (χ4v) is 5.56. The molecule has 2 aromatic rings. The minimum Gasteiger partial charge on any atom is -0.496 e. The summed E-state index contributed by atoms with van der Waals surface area (Å²) in [4.78, 5) is 53.5. The van der Waals surface area contributed by atoms with Crippen LogP contribution < -0.4 is 21.1 Å². The maximum atomic E-state index is 13.7. The van der Waals surface area contributed by atoms with E-state index in [0.717, 1.165) is 4.90 Å². The Balaban J connectivity index is 1.61. The van der Waals surface area contributed by atoms with E-state index in [-0.39, 0.29) is 13.0 Å². The maximum Gasteiger partial charge on any atom is 0.250 e. The molecule has 4 N–H and O–H groups in total. The first-order valence-electron chi connectivity index (χ1n) is 10.4. The number of imide groups is 1. The molecule has 0 aromatic heterocycles. The van der Waals surface area contributed by atoms with Gasteiger partial charge < -0.3 is 15.8 Å². The first-order valence-corrected chi connectivity index (χ1v) is 10.8. The Kier molecular flexibility index (Phi) is 4.91. The fourth-order valence-electron chi connectivity index (χ4n) is 5.39. The molecule has 2 aromatic carbocycles. The van der Waals surface area contributed by atoms with Crippen LogP contribution in [0.5, 0.6) is 5.75 Å². The summed E-state index contributed by atoms with van der Waals surface area (Å²) in [5.41, 5.74) is 5.53. The van der Waals surface area contributed by atoms with Gasteiger partial charge in [-0.1, -0.05) is 29.8 Å². The van der Waals surface area contributed by atoms with Gasteiger partial charge in [-0.05, 0) is 24.3 Å². The number of nitrogens with two attached hydrogens (primary N) is 1. The lowest BCUT2D eigenvalue weighted by Crippen LogP contribution is -2.53. The molecule has 3 aliphatic rings. The summed E-state index contributed by atoms with van der Waals surface area (Å²) in [7, 11) is 1.51. The second-order valence-electron chi connectivity index (χ2n) is 8.45. The van der Waals surface area contributed by atoms with E-state index < -0.39 is 47.0 Å². The zero-order valence-corrected chi connectivity index (χ0v) is 18.4. The molecule has 0 aliphatic carbocycles. The van der Waals surface area contributed by atoms with Crippen molar-refractivity contribution in [1.29, 1.82) is 0 Å². The second kappa shape index (κ2) is 7.57. The van der Waals surface area contributed by atoms with Crippen molar-refractivity contribution in [3.63, 3.8) is 0 Å². The number of rotatable bonds is 5. The van der Waals surface area contributed by atoms with Gasteiger partial charge in [-0.3, -0.25) is 29.4 Å². The SMILES string of the molecule is COc1ccccc1CN1C(=O)[C@H]2[C@@H](C1=O)[C@@]1(N[C@@H]2CC(N)=O)C(=O)Nc2ccc(Cl)cc21. The third-order valence-electron chi connectivity index (χ3n) is 6.71. The molecule has 33 heavy (non-hydrogen) atoms. The molecule has 10 heteroatoms. The molecule has 3 heterocycles. The summed E-state index contributed by atoms with van der Waals surface area (Å²) >= 11 is 6.21. The number of benzene rings is 2. The highest BCUT2D eigenvalue weighted by atomic mass is 35.5. The van der Waals surface area contributed by atoms with Gasteiger partial charge in [0.05, 0.1) is 25.5 Å². The summed E-state index contributed by atoms with van der Waals surface area (Å²) in [5.74, 6) is -3.53. The van der Waals surface area contributed by atoms with Gasteiger partial charge in [0.1, 0.15) is 11.3 Å². The lowest BCUT2D eigenvalue weighted by Gasteiger charge is -2.29. The predicted octanol–water partition coefficient (Wildman–Crippen LogP) is 1.14. The van der Waals surface area contributed by atoms with Crippen LogP contribution in [0.15, 0.2) is 42.5 Å². The number of ether oxygens (including phenoxy) is 1. The van der Waals surface area contributed by atoms with Crippen LogP contribution in [-0.4, -0.2) is 41.7 Å². The van der Waals surface area contributed by atoms with Gasteiger partial charge in [-0.2, -0.15) is 0 Å². The molecule has 0 saturated carbocycles. The average Bonchev–Trinajstić information content (AvgIpc) is 3.34. The van der Waals surface area contributed by atoms with Crippen LogP contribution in [0.25, 0.3) is 0 Å². The van der Waals surface area contributed by atoms with E-state index in [1.807, 2.05) is 0 Å². The van der Waals surface area contributed by atoms with E-state index in [9.17, 15) is 19.2 Å². The number of para-hydroxylation sites is 1. The van der Waals surface area contributed by atoms with Gasteiger partial charge in [0, 0.05) is 34.3 Å². The highest BCUT2D eigenvalue weighted by molar-refractivity contribution is 6.31. The summed E-state index contributed by atoms with van der Waals surface area (Å²) in [6.45, 7) is -0.0158. The summed E-state index contributed by atoms with van der Waals surface area (Å²) in [6.07, 6.45) is -0.201. The van der Waals surface area contributed by atoms with E-state index in [2.05, 4.69) is 10.6 Å². The van der Waals surface area contributed by atoms with Crippen LogP contribution in [0.2, 0.25) is 5.02 Å². The predicted molar refractivity (Wildman–Crippen MR) is 118 cm³/mol. The van der Waals surface area contributed by atoms with Gasteiger partial charge in [0.25, 0.3) is 0 Å². The van der Waals surface area contributed by atoms with E-state index in [1.165, 1.54) is 7.11 Å². The molecule has 0 unspecified atom stereocenters. The van der Waals surface area contributed by atoms with E-state index in [1.54, 1.807) is 42.5 Å². The number of carbonyl (C=O) groups excluding carboxylic acids is 4. The molecule has 4 amide bonds. The first kappa shape index (κ1) is 21.4. The number of primary amides is 1. The highest BCUT2D eigenvalue weighted by Gasteiger charge is 2.70. The molecular weight excluding hydrogens is 448 g/mol. The number of amides is 4. The van der Waals surface area contributed by atoms with Crippen LogP contribution >= 0.6 is 11.6 Å². The van der Waals surface area contributed by atoms with Crippen molar-refractivity contribution >= 4 is 40.9 Å². The minimum atomic E-state index is -1.53. The van der Waals surface area contributed by atoms with E-state index >= 15 is 0 Å². The van der Waals surface area contributed by atoms with Crippen molar-refractivity contribution in [2.45, 2.75) is 24.5 Å². The van der Waals surface area contributed by atoms with Crippen molar-refractivity contribution in [2.75, 3.05) is 12.4 Å². The lowest BCUT2D eigenvalue weighted by atomic mass is 9.76. The van der Waals surface area contributed by atoms with Crippen LogP contribution in [0.3, 0.4) is 0 Å². The molecule has 0 bridgehead atoms. The van der Waals surface area contributed by atoms with Gasteiger partial charge in [-0.15, -0.1) is 0 Å². The normalized spacial score (nSPS) is 27.6. The fraction of sp³-hybridized carbons (Fsp3) is 0.304. The number of nitrogens with one attached hydrogen (secondary N) is 2. The summed E-state index contributed by atoms with van der Waals surface area (Å²) < 4.78 is 5.36. The van der Waals surface area contributed by atoms with Crippen molar-refractivity contribution in [1.82, 2.24) is 10.2 Å². The smallest absolute Gasteiger partial charge is 0.250 e. The zero-order chi connectivity index (χ0) is 23.5. The molecule has 4 atom stereocenters. The Morgan fingerprint density at radius 1 is 1.18 bits per heavy atom. The Hall–Kier alpha value is -3.43. The van der Waals surface area contributed by atoms with E-state index in [0.29, 0.717) is 27.6 Å². The number of nitrogens with zero attached hydrogens (tertiary/aromatic N) is 1. The summed E-state index contributed by atoms with van der Waals surface area (Å²) in [6, 6.07) is 11.2. The van der Waals surface area contributed by atoms with Gasteiger partial charge in [0.15, 0.2) is 0 Å². The molecule has 170 valence electrons. The first-order chi connectivity index (χ1) is 15.8. The summed E-state index contributed by atoms with van der Waals surface area (Å²) in [5, 5.41) is 6.30. The van der Waals surface area contributed by atoms with Crippen molar-refractivity contribution in [2.24, 2.45) is 17.6 Å². The van der Waals surface area contributed by atoms with Crippen molar-refractivity contribution in [3.05, 3.63) is 58.6 Å². The Labute approximate surface area is 194 Å². The lowest BCUT2D eigenvalue weighted by molar-refractivity contribution is -0.143. The Morgan fingerprint density at radius 2 is 1.94 bits per heavy atom. The second-order valence-corrected chi connectivity index (χ2v) is 8.89. The molecule has 9 nitrogen and oxygen atoms in total. The van der Waals surface area contributed by atoms with Crippen molar-refractivity contribution < 1.29 is 23.9 Å². The standard InChI is InChI=1S/C23H21ClN4O5/c1-33-16-5-3-2-4-11(16)10-28-20(30)18-15(9-17(25)29)27-23(19(18)21(28)31)13-8-12(24)6-7-14(13)26-22(23)32/h2-8,15,18-19,27H,9-10H2,1H3,(H2,25,29)(H,26,32)/t15-,18-,19+,23-/m1/s1. The molecule has 3 aliphatic heterocycles. The van der Waals surface area contributed by atoms with Crippen molar-refractivity contribution in [3.8, 4) is 5.75 Å². The van der Waals surface area contributed by atoms with Gasteiger partial charge in [-0.25, -0.2) is 0 Å². The van der Waals surface area contributed by atoms with Crippen LogP contribution in [0.4, 0.5) is 5.69 Å². The number of halogens is 1. The molecular formula is C23H21ClN4O5. The number of fused-ring (bicyclic) bond motifs is 4. The molecule has 2 saturated heterocycles. The van der Waals surface area contributed by atoms with E-state index in [4.69, 9.17) is 22.1 Å². The Morgan fingerprint density at radius 3 is 2.67 bits per heavy atom. The Bertz CT molecular complexity index is 1220. The van der Waals surface area contributed by atoms with Crippen LogP contribution in [0.1, 0.15) is 17.5 Å². The van der Waals surface area contributed by atoms with Gasteiger partial charge in [0.2, 0.25) is 23.6 Å². The zero-order valence-electron chi connectivity index (χ0n) is 17.6. The van der Waals surface area contributed by atoms with Crippen LogP contribution in [0, 0.1) is 11.8 Å². The van der Waals surface area contributed by atoms with Gasteiger partial charge >= 0.3 is 0 Å². The average molecular weight is 469 g/mol. The topological polar surface area (TPSA) is 131 Å². The maximum absolute atomic E-state index is 13.7. The number of methoxy groups -OCH3 is 1. The molecule has 1 spiro atoms. The number of likely N-dealkylation sites (tertiary alicyclic amines) is 1. The minimum absolute atomic E-state index is 0.0158. The molecule has 5 rings (SSSR count). The molecule has 0 radical (unpaired) electrons. The number of anilines is 1. The quantitative estimate of drug-likeness (QED) is 0.564. The number of hydrogen-bond acceptors (Lipinski definition) is 6. The molecule has 2 fully saturated rings. The third-order valence-corrected chi connectivity index (χ3v) is 6.95. The monoisotopic (exact) mass is 468 g/mol. The van der Waals surface area contributed by atoms with Crippen LogP contribution in [-0.2, 0) is 31.3 Å². The number of hydrogen-bond donors (Lipinski definition) is 3.